The first-order valence-electron chi connectivity index (χ1n) is 4.36. The minimum atomic E-state index is -0.0569. The Kier molecular flexibility index (Phi) is 1.51. The van der Waals surface area contributed by atoms with E-state index in [1.807, 2.05) is 4.90 Å². The molecule has 0 bridgehead atoms. The summed E-state index contributed by atoms with van der Waals surface area (Å²) in [6, 6.07) is 0. The van der Waals surface area contributed by atoms with Gasteiger partial charge in [0.1, 0.15) is 0 Å². The number of likely N-dealkylation sites (tertiary alicyclic amines) is 1. The van der Waals surface area contributed by atoms with Crippen molar-refractivity contribution in [1.82, 2.24) is 4.90 Å². The molecule has 2 rings (SSSR count). The Morgan fingerprint density at radius 1 is 1.75 bits per heavy atom. The van der Waals surface area contributed by atoms with Gasteiger partial charge >= 0.3 is 0 Å². The number of carbonyl (C=O) groups excluding carboxylic acids is 1. The summed E-state index contributed by atoms with van der Waals surface area (Å²) in [4.78, 5) is 13.0. The van der Waals surface area contributed by atoms with Crippen LogP contribution >= 0.6 is 0 Å². The summed E-state index contributed by atoms with van der Waals surface area (Å²) < 4.78 is 0. The summed E-state index contributed by atoms with van der Waals surface area (Å²) in [6.45, 7) is 5.03. The maximum absolute atomic E-state index is 11.2. The topological polar surface area (TPSA) is 46.3 Å². The first kappa shape index (κ1) is 7.80. The van der Waals surface area contributed by atoms with Crippen molar-refractivity contribution in [2.24, 2.45) is 11.7 Å². The van der Waals surface area contributed by atoms with Crippen molar-refractivity contribution in [3.8, 4) is 0 Å². The summed E-state index contributed by atoms with van der Waals surface area (Å²) in [5, 5.41) is 0. The highest BCUT2D eigenvalue weighted by Crippen LogP contribution is 2.42. The van der Waals surface area contributed by atoms with E-state index >= 15 is 0 Å². The Morgan fingerprint density at radius 2 is 2.50 bits per heavy atom. The predicted octanol–water partition coefficient (Wildman–Crippen LogP) is 0.122. The molecule has 1 saturated carbocycles. The van der Waals surface area contributed by atoms with Crippen molar-refractivity contribution in [3.63, 3.8) is 0 Å². The second kappa shape index (κ2) is 2.33. The van der Waals surface area contributed by atoms with Gasteiger partial charge in [-0.2, -0.15) is 0 Å². The first-order chi connectivity index (χ1) is 5.65. The summed E-state index contributed by atoms with van der Waals surface area (Å²) in [5.74, 6) is 0.565. The third kappa shape index (κ3) is 0.894. The van der Waals surface area contributed by atoms with Crippen LogP contribution in [0, 0.1) is 5.92 Å². The van der Waals surface area contributed by atoms with Crippen molar-refractivity contribution < 1.29 is 4.79 Å². The molecule has 66 valence electrons. The van der Waals surface area contributed by atoms with Gasteiger partial charge in [0.25, 0.3) is 0 Å². The zero-order valence-corrected chi connectivity index (χ0v) is 7.12. The molecule has 2 atom stereocenters. The molecular weight excluding hydrogens is 152 g/mol. The summed E-state index contributed by atoms with van der Waals surface area (Å²) >= 11 is 0. The van der Waals surface area contributed by atoms with E-state index in [4.69, 9.17) is 5.73 Å². The van der Waals surface area contributed by atoms with E-state index in [9.17, 15) is 4.79 Å². The predicted molar refractivity (Wildman–Crippen MR) is 46.4 cm³/mol. The van der Waals surface area contributed by atoms with Gasteiger partial charge in [-0.15, -0.1) is 0 Å². The molecule has 1 heterocycles. The van der Waals surface area contributed by atoms with Crippen LogP contribution in [0.1, 0.15) is 12.8 Å². The molecule has 1 amide bonds. The van der Waals surface area contributed by atoms with Gasteiger partial charge in [0.15, 0.2) is 0 Å². The number of hydrogen-bond donors (Lipinski definition) is 1. The quantitative estimate of drug-likeness (QED) is 0.562. The highest BCUT2D eigenvalue weighted by molar-refractivity contribution is 5.87. The lowest BCUT2D eigenvalue weighted by Crippen LogP contribution is -2.54. The highest BCUT2D eigenvalue weighted by Gasteiger charge is 2.50. The molecule has 0 unspecified atom stereocenters. The lowest BCUT2D eigenvalue weighted by Gasteiger charge is -2.39. The van der Waals surface area contributed by atoms with Gasteiger partial charge in [0.2, 0.25) is 5.91 Å². The molecule has 2 N–H and O–H groups in total. The minimum Gasteiger partial charge on any atom is -0.337 e. The Labute approximate surface area is 72.2 Å². The SMILES string of the molecule is C=CC(=O)N1C[C@@H]2CC[C@]2(N)C1. The standard InChI is InChI=1S/C9H14N2O/c1-2-8(12)11-5-7-3-4-9(7,10)6-11/h2,7H,1,3-6,10H2/t7-,9-/m0/s1. The zero-order chi connectivity index (χ0) is 8.77. The van der Waals surface area contributed by atoms with Crippen LogP contribution in [0.2, 0.25) is 0 Å². The summed E-state index contributed by atoms with van der Waals surface area (Å²) in [5.41, 5.74) is 6.01. The van der Waals surface area contributed by atoms with Gasteiger partial charge in [-0.05, 0) is 24.8 Å². The molecule has 0 aromatic rings. The monoisotopic (exact) mass is 166 g/mol. The fraction of sp³-hybridized carbons (Fsp3) is 0.667. The number of hydrogen-bond acceptors (Lipinski definition) is 2. The maximum atomic E-state index is 11.2. The van der Waals surface area contributed by atoms with Crippen LogP contribution in [0.4, 0.5) is 0 Å². The van der Waals surface area contributed by atoms with Gasteiger partial charge in [-0.25, -0.2) is 0 Å². The van der Waals surface area contributed by atoms with E-state index in [0.29, 0.717) is 5.92 Å². The molecule has 3 heteroatoms. The number of rotatable bonds is 1. The van der Waals surface area contributed by atoms with E-state index in [1.54, 1.807) is 0 Å². The lowest BCUT2D eigenvalue weighted by atomic mass is 9.70. The van der Waals surface area contributed by atoms with Crippen molar-refractivity contribution in [3.05, 3.63) is 12.7 Å². The van der Waals surface area contributed by atoms with Gasteiger partial charge in [0, 0.05) is 18.6 Å². The van der Waals surface area contributed by atoms with E-state index in [1.165, 1.54) is 12.5 Å². The molecule has 2 aliphatic rings. The average molecular weight is 166 g/mol. The number of carbonyl (C=O) groups is 1. The number of fused-ring (bicyclic) bond motifs is 1. The van der Waals surface area contributed by atoms with Crippen molar-refractivity contribution >= 4 is 5.91 Å². The third-order valence-corrected chi connectivity index (χ3v) is 3.18. The second-order valence-electron chi connectivity index (χ2n) is 3.89. The Hall–Kier alpha value is -0.830. The van der Waals surface area contributed by atoms with Crippen LogP contribution in [-0.4, -0.2) is 29.4 Å². The molecule has 3 nitrogen and oxygen atoms in total. The second-order valence-corrected chi connectivity index (χ2v) is 3.89. The maximum Gasteiger partial charge on any atom is 0.246 e. The molecule has 2 fully saturated rings. The third-order valence-electron chi connectivity index (χ3n) is 3.18. The van der Waals surface area contributed by atoms with Crippen molar-refractivity contribution in [1.29, 1.82) is 0 Å². The number of amides is 1. The summed E-state index contributed by atoms with van der Waals surface area (Å²) in [6.07, 6.45) is 3.62. The fourth-order valence-electron chi connectivity index (χ4n) is 2.18. The van der Waals surface area contributed by atoms with Gasteiger partial charge in [-0.1, -0.05) is 6.58 Å². The van der Waals surface area contributed by atoms with Crippen LogP contribution in [-0.2, 0) is 4.79 Å². The molecule has 1 saturated heterocycles. The Bertz CT molecular complexity index is 239. The lowest BCUT2D eigenvalue weighted by molar-refractivity contribution is -0.125. The molecule has 0 aromatic heterocycles. The largest absolute Gasteiger partial charge is 0.337 e. The van der Waals surface area contributed by atoms with Crippen LogP contribution < -0.4 is 5.73 Å². The smallest absolute Gasteiger partial charge is 0.246 e. The highest BCUT2D eigenvalue weighted by atomic mass is 16.2. The van der Waals surface area contributed by atoms with Crippen LogP contribution in [0.15, 0.2) is 12.7 Å². The van der Waals surface area contributed by atoms with E-state index in [-0.39, 0.29) is 11.4 Å². The van der Waals surface area contributed by atoms with E-state index < -0.39 is 0 Å². The molecule has 1 aliphatic heterocycles. The molecule has 0 radical (unpaired) electrons. The average Bonchev–Trinajstić information content (AvgIpc) is 2.28. The zero-order valence-electron chi connectivity index (χ0n) is 7.12. The van der Waals surface area contributed by atoms with Crippen LogP contribution in [0.3, 0.4) is 0 Å². The normalized spacial score (nSPS) is 38.8. The van der Waals surface area contributed by atoms with Crippen LogP contribution in [0.5, 0.6) is 0 Å². The molecule has 0 spiro atoms. The van der Waals surface area contributed by atoms with Crippen molar-refractivity contribution in [2.75, 3.05) is 13.1 Å². The van der Waals surface area contributed by atoms with Crippen molar-refractivity contribution in [2.45, 2.75) is 18.4 Å². The number of nitrogens with zero attached hydrogens (tertiary/aromatic N) is 1. The molecule has 0 aromatic carbocycles. The molecule has 1 aliphatic carbocycles. The van der Waals surface area contributed by atoms with Gasteiger partial charge in [0.05, 0.1) is 0 Å². The minimum absolute atomic E-state index is 0.0224. The molecule has 12 heavy (non-hydrogen) atoms. The van der Waals surface area contributed by atoms with E-state index in [2.05, 4.69) is 6.58 Å². The van der Waals surface area contributed by atoms with Crippen LogP contribution in [0.25, 0.3) is 0 Å². The Balaban J connectivity index is 2.06. The van der Waals surface area contributed by atoms with Gasteiger partial charge in [-0.3, -0.25) is 4.79 Å². The first-order valence-corrected chi connectivity index (χ1v) is 4.36. The Morgan fingerprint density at radius 3 is 2.83 bits per heavy atom. The number of nitrogens with two attached hydrogens (primary N) is 1. The van der Waals surface area contributed by atoms with Gasteiger partial charge < -0.3 is 10.6 Å². The fourth-order valence-corrected chi connectivity index (χ4v) is 2.18. The van der Waals surface area contributed by atoms with E-state index in [0.717, 1.165) is 19.5 Å². The molecular formula is C9H14N2O. The summed E-state index contributed by atoms with van der Waals surface area (Å²) in [7, 11) is 0.